The number of nitrogens with one attached hydrogen (secondary N) is 1. The third-order valence-electron chi connectivity index (χ3n) is 2.47. The summed E-state index contributed by atoms with van der Waals surface area (Å²) in [5.41, 5.74) is 0. The lowest BCUT2D eigenvalue weighted by molar-refractivity contribution is 0.597. The first-order valence-corrected chi connectivity index (χ1v) is 8.04. The van der Waals surface area contributed by atoms with Crippen molar-refractivity contribution < 1.29 is 8.42 Å². The smallest absolute Gasteiger partial charge is 0.241 e. The maximum Gasteiger partial charge on any atom is 0.241 e. The van der Waals surface area contributed by atoms with Crippen LogP contribution in [0.25, 0.3) is 5.95 Å². The van der Waals surface area contributed by atoms with Crippen LogP contribution in [0.2, 0.25) is 5.28 Å². The van der Waals surface area contributed by atoms with E-state index in [2.05, 4.69) is 25.3 Å². The Morgan fingerprint density at radius 1 is 1.35 bits per heavy atom. The first kappa shape index (κ1) is 14.7. The molecule has 0 amide bonds. The van der Waals surface area contributed by atoms with Crippen molar-refractivity contribution >= 4 is 27.4 Å². The van der Waals surface area contributed by atoms with E-state index in [9.17, 15) is 8.42 Å². The highest BCUT2D eigenvalue weighted by atomic mass is 35.5. The molecule has 0 aliphatic heterocycles. The second-order valence-electron chi connectivity index (χ2n) is 3.86. The Bertz CT molecular complexity index is 673. The molecule has 0 aliphatic rings. The summed E-state index contributed by atoms with van der Waals surface area (Å²) in [6.45, 7) is 1.81. The van der Waals surface area contributed by atoms with Crippen molar-refractivity contribution in [1.29, 1.82) is 0 Å². The SMILES string of the molecule is CCS(=O)(=O)CCNc1nc(Cl)nc(-n2ccnc2)n1. The molecule has 10 heteroatoms. The number of hydrogen-bond donors (Lipinski definition) is 1. The van der Waals surface area contributed by atoms with Crippen molar-refractivity contribution in [3.05, 3.63) is 24.0 Å². The minimum atomic E-state index is -3.03. The van der Waals surface area contributed by atoms with Crippen molar-refractivity contribution in [1.82, 2.24) is 24.5 Å². The molecule has 0 bridgehead atoms. The van der Waals surface area contributed by atoms with Gasteiger partial charge in [-0.1, -0.05) is 6.92 Å². The number of halogens is 1. The zero-order valence-corrected chi connectivity index (χ0v) is 12.3. The van der Waals surface area contributed by atoms with Crippen LogP contribution in [0.15, 0.2) is 18.7 Å². The van der Waals surface area contributed by atoms with Crippen LogP contribution in [0.5, 0.6) is 0 Å². The molecule has 0 fully saturated rings. The van der Waals surface area contributed by atoms with Gasteiger partial charge < -0.3 is 5.32 Å². The van der Waals surface area contributed by atoms with Crippen LogP contribution in [0.3, 0.4) is 0 Å². The lowest BCUT2D eigenvalue weighted by atomic mass is 10.7. The molecule has 2 heterocycles. The van der Waals surface area contributed by atoms with E-state index < -0.39 is 9.84 Å². The molecule has 0 saturated carbocycles. The molecule has 108 valence electrons. The normalized spacial score (nSPS) is 11.5. The highest BCUT2D eigenvalue weighted by molar-refractivity contribution is 7.91. The maximum absolute atomic E-state index is 11.4. The number of anilines is 1. The largest absolute Gasteiger partial charge is 0.353 e. The molecular formula is C10H13ClN6O2S. The third kappa shape index (κ3) is 3.87. The van der Waals surface area contributed by atoms with Crippen LogP contribution in [0.4, 0.5) is 5.95 Å². The predicted octanol–water partition coefficient (Wildman–Crippen LogP) is 0.557. The Labute approximate surface area is 121 Å². The number of sulfone groups is 1. The Morgan fingerprint density at radius 2 is 2.15 bits per heavy atom. The predicted molar refractivity (Wildman–Crippen MR) is 74.8 cm³/mol. The van der Waals surface area contributed by atoms with Gasteiger partial charge in [-0.2, -0.15) is 15.0 Å². The summed E-state index contributed by atoms with van der Waals surface area (Å²) in [5.74, 6) is 0.642. The molecule has 0 spiro atoms. The fourth-order valence-electron chi connectivity index (χ4n) is 1.37. The van der Waals surface area contributed by atoms with Crippen molar-refractivity contribution in [3.63, 3.8) is 0 Å². The summed E-state index contributed by atoms with van der Waals surface area (Å²) in [6.07, 6.45) is 4.77. The van der Waals surface area contributed by atoms with E-state index in [1.165, 1.54) is 6.33 Å². The van der Waals surface area contributed by atoms with E-state index in [1.807, 2.05) is 0 Å². The first-order valence-electron chi connectivity index (χ1n) is 5.84. The molecule has 0 atom stereocenters. The van der Waals surface area contributed by atoms with Gasteiger partial charge in [0.1, 0.15) is 6.33 Å². The number of aromatic nitrogens is 5. The molecule has 0 radical (unpaired) electrons. The first-order chi connectivity index (χ1) is 9.50. The average Bonchev–Trinajstić information content (AvgIpc) is 2.92. The summed E-state index contributed by atoms with van der Waals surface area (Å²) < 4.78 is 24.3. The minimum Gasteiger partial charge on any atom is -0.353 e. The van der Waals surface area contributed by atoms with Crippen LogP contribution in [0, 0.1) is 0 Å². The Hall–Kier alpha value is -1.74. The van der Waals surface area contributed by atoms with Gasteiger partial charge in [0.15, 0.2) is 9.84 Å². The van der Waals surface area contributed by atoms with E-state index in [1.54, 1.807) is 23.9 Å². The Kier molecular flexibility index (Phi) is 4.50. The van der Waals surface area contributed by atoms with Crippen LogP contribution in [0.1, 0.15) is 6.92 Å². The molecule has 2 aromatic heterocycles. The highest BCUT2D eigenvalue weighted by Crippen LogP contribution is 2.09. The summed E-state index contributed by atoms with van der Waals surface area (Å²) in [7, 11) is -3.03. The average molecular weight is 317 g/mol. The van der Waals surface area contributed by atoms with Crippen LogP contribution in [-0.2, 0) is 9.84 Å². The van der Waals surface area contributed by atoms with Crippen molar-refractivity contribution in [2.24, 2.45) is 0 Å². The zero-order valence-electron chi connectivity index (χ0n) is 10.7. The molecule has 0 aromatic carbocycles. The highest BCUT2D eigenvalue weighted by Gasteiger charge is 2.09. The zero-order chi connectivity index (χ0) is 14.6. The lowest BCUT2D eigenvalue weighted by Crippen LogP contribution is -2.18. The Morgan fingerprint density at radius 3 is 2.80 bits per heavy atom. The van der Waals surface area contributed by atoms with Gasteiger partial charge in [-0.25, -0.2) is 13.4 Å². The van der Waals surface area contributed by atoms with Crippen LogP contribution in [-0.4, -0.2) is 51.0 Å². The van der Waals surface area contributed by atoms with E-state index in [-0.39, 0.29) is 29.3 Å². The second-order valence-corrected chi connectivity index (χ2v) is 6.67. The van der Waals surface area contributed by atoms with E-state index >= 15 is 0 Å². The van der Waals surface area contributed by atoms with Gasteiger partial charge >= 0.3 is 0 Å². The lowest BCUT2D eigenvalue weighted by Gasteiger charge is -2.07. The van der Waals surface area contributed by atoms with Gasteiger partial charge in [0.2, 0.25) is 17.2 Å². The number of nitrogens with zero attached hydrogens (tertiary/aromatic N) is 5. The van der Waals surface area contributed by atoms with Gasteiger partial charge in [0, 0.05) is 24.7 Å². The van der Waals surface area contributed by atoms with Crippen molar-refractivity contribution in [3.8, 4) is 5.95 Å². The van der Waals surface area contributed by atoms with Crippen LogP contribution >= 0.6 is 11.6 Å². The van der Waals surface area contributed by atoms with E-state index in [4.69, 9.17) is 11.6 Å². The fraction of sp³-hybridized carbons (Fsp3) is 0.400. The molecule has 2 aromatic rings. The Balaban J connectivity index is 2.09. The molecule has 0 aliphatic carbocycles. The van der Waals surface area contributed by atoms with Crippen molar-refractivity contribution in [2.75, 3.05) is 23.4 Å². The van der Waals surface area contributed by atoms with Gasteiger partial charge in [-0.05, 0) is 11.6 Å². The standard InChI is InChI=1S/C10H13ClN6O2S/c1-2-20(18,19)6-4-13-9-14-8(11)15-10(16-9)17-5-3-12-7-17/h3,5,7H,2,4,6H2,1H3,(H,13,14,15,16). The number of imidazole rings is 1. The molecule has 0 unspecified atom stereocenters. The summed E-state index contributed by atoms with van der Waals surface area (Å²) >= 11 is 5.81. The molecular weight excluding hydrogens is 304 g/mol. The second kappa shape index (κ2) is 6.14. The minimum absolute atomic E-state index is 0.00715. The van der Waals surface area contributed by atoms with E-state index in [0.29, 0.717) is 5.95 Å². The monoisotopic (exact) mass is 316 g/mol. The van der Waals surface area contributed by atoms with E-state index in [0.717, 1.165) is 0 Å². The summed E-state index contributed by atoms with van der Waals surface area (Å²) in [6, 6.07) is 0. The molecule has 20 heavy (non-hydrogen) atoms. The number of rotatable bonds is 6. The van der Waals surface area contributed by atoms with Gasteiger partial charge in [-0.3, -0.25) is 4.57 Å². The van der Waals surface area contributed by atoms with Crippen molar-refractivity contribution in [2.45, 2.75) is 6.92 Å². The van der Waals surface area contributed by atoms with Gasteiger partial charge in [0.05, 0.1) is 5.75 Å². The van der Waals surface area contributed by atoms with Gasteiger partial charge in [0.25, 0.3) is 0 Å². The topological polar surface area (TPSA) is 103 Å². The van der Waals surface area contributed by atoms with Crippen LogP contribution < -0.4 is 5.32 Å². The summed E-state index contributed by atoms with van der Waals surface area (Å²) in [4.78, 5) is 15.9. The third-order valence-corrected chi connectivity index (χ3v) is 4.34. The summed E-state index contributed by atoms with van der Waals surface area (Å²) in [5, 5.41) is 2.84. The number of hydrogen-bond acceptors (Lipinski definition) is 7. The molecule has 2 rings (SSSR count). The maximum atomic E-state index is 11.4. The molecule has 1 N–H and O–H groups in total. The molecule has 0 saturated heterocycles. The molecule has 8 nitrogen and oxygen atoms in total. The van der Waals surface area contributed by atoms with Gasteiger partial charge in [-0.15, -0.1) is 0 Å². The fourth-order valence-corrected chi connectivity index (χ4v) is 2.23. The quantitative estimate of drug-likeness (QED) is 0.830.